The molecule has 3 nitrogen and oxygen atoms in total. The fraction of sp³-hybridized carbons (Fsp3) is 0.789. The number of rotatable bonds is 4. The van der Waals surface area contributed by atoms with Crippen molar-refractivity contribution >= 4 is 11.8 Å². The van der Waals surface area contributed by atoms with Gasteiger partial charge < -0.3 is 4.74 Å². The Morgan fingerprint density at radius 1 is 0.561 bits per heavy atom. The molecule has 1 aromatic rings. The minimum atomic E-state index is -0.204. The standard InChI is InChI=1S/C38H49NO2/c40-35(37-17-26-8-27(18-37)10-28(9-26)19-37)39-34(41-38-20-29-11-30(21-38)13-31(12-29)22-38)32-1-3-33(4-2-32)36-14-23-5-24(15-36)7-25(6-23)16-36/h1-4,23-31H,5-22H2. The Kier molecular flexibility index (Phi) is 5.14. The number of amides is 1. The molecule has 0 atom stereocenters. The van der Waals surface area contributed by atoms with E-state index < -0.39 is 0 Å². The van der Waals surface area contributed by atoms with Crippen LogP contribution in [0.4, 0.5) is 0 Å². The summed E-state index contributed by atoms with van der Waals surface area (Å²) in [7, 11) is 0. The highest BCUT2D eigenvalue weighted by Gasteiger charge is 2.56. The van der Waals surface area contributed by atoms with Crippen molar-refractivity contribution in [1.29, 1.82) is 0 Å². The summed E-state index contributed by atoms with van der Waals surface area (Å²) >= 11 is 0. The molecule has 41 heavy (non-hydrogen) atoms. The number of carbonyl (C=O) groups is 1. The second-order valence-corrected chi connectivity index (χ2v) is 17.9. The third kappa shape index (κ3) is 3.88. The van der Waals surface area contributed by atoms with Gasteiger partial charge in [0, 0.05) is 5.56 Å². The molecule has 0 radical (unpaired) electrons. The van der Waals surface area contributed by atoms with Gasteiger partial charge in [-0.2, -0.15) is 4.99 Å². The molecular formula is C38H49NO2. The molecule has 13 rings (SSSR count). The van der Waals surface area contributed by atoms with Crippen LogP contribution in [0.1, 0.15) is 127 Å². The Labute approximate surface area is 246 Å². The van der Waals surface area contributed by atoms with E-state index in [1.54, 1.807) is 5.56 Å². The number of ether oxygens (including phenoxy) is 1. The average molecular weight is 552 g/mol. The van der Waals surface area contributed by atoms with E-state index >= 15 is 0 Å². The van der Waals surface area contributed by atoms with Crippen LogP contribution >= 0.6 is 0 Å². The molecule has 12 bridgehead atoms. The Morgan fingerprint density at radius 2 is 0.951 bits per heavy atom. The van der Waals surface area contributed by atoms with Crippen LogP contribution in [0.15, 0.2) is 29.3 Å². The summed E-state index contributed by atoms with van der Waals surface area (Å²) in [6.45, 7) is 0. The zero-order valence-corrected chi connectivity index (χ0v) is 25.0. The highest BCUT2D eigenvalue weighted by atomic mass is 16.5. The maximum atomic E-state index is 14.3. The van der Waals surface area contributed by atoms with Gasteiger partial charge in [-0.25, -0.2) is 0 Å². The molecule has 1 aromatic carbocycles. The molecule has 218 valence electrons. The van der Waals surface area contributed by atoms with Crippen LogP contribution in [0.2, 0.25) is 0 Å². The predicted molar refractivity (Wildman–Crippen MR) is 160 cm³/mol. The van der Waals surface area contributed by atoms with Gasteiger partial charge in [0.1, 0.15) is 5.60 Å². The van der Waals surface area contributed by atoms with Crippen LogP contribution in [0, 0.1) is 58.7 Å². The zero-order chi connectivity index (χ0) is 27.0. The van der Waals surface area contributed by atoms with Crippen molar-refractivity contribution in [2.45, 2.75) is 127 Å². The van der Waals surface area contributed by atoms with Crippen molar-refractivity contribution in [2.24, 2.45) is 63.7 Å². The molecule has 0 saturated heterocycles. The second-order valence-electron chi connectivity index (χ2n) is 17.9. The molecule has 3 heteroatoms. The normalized spacial score (nSPS) is 51.9. The molecular weight excluding hydrogens is 502 g/mol. The molecule has 0 spiro atoms. The smallest absolute Gasteiger partial charge is 0.255 e. The molecule has 0 unspecified atom stereocenters. The zero-order valence-electron chi connectivity index (χ0n) is 25.0. The van der Waals surface area contributed by atoms with Gasteiger partial charge in [0.15, 0.2) is 0 Å². The lowest BCUT2D eigenvalue weighted by molar-refractivity contribution is -0.143. The third-order valence-corrected chi connectivity index (χ3v) is 14.8. The Bertz CT molecular complexity index is 1180. The van der Waals surface area contributed by atoms with E-state index in [1.807, 2.05) is 0 Å². The van der Waals surface area contributed by atoms with E-state index in [1.165, 1.54) is 96.3 Å². The van der Waals surface area contributed by atoms with E-state index in [0.717, 1.165) is 78.1 Å². The topological polar surface area (TPSA) is 38.7 Å². The first-order chi connectivity index (χ1) is 19.9. The summed E-state index contributed by atoms with van der Waals surface area (Å²) in [6.07, 6.45) is 23.7. The highest BCUT2D eigenvalue weighted by molar-refractivity contribution is 6.03. The van der Waals surface area contributed by atoms with Gasteiger partial charge in [-0.3, -0.25) is 4.79 Å². The van der Waals surface area contributed by atoms with Gasteiger partial charge in [-0.15, -0.1) is 0 Å². The van der Waals surface area contributed by atoms with Gasteiger partial charge in [0.25, 0.3) is 5.91 Å². The van der Waals surface area contributed by atoms with Crippen LogP contribution in [-0.4, -0.2) is 17.4 Å². The summed E-state index contributed by atoms with van der Waals surface area (Å²) in [5, 5.41) is 0. The van der Waals surface area contributed by atoms with Crippen LogP contribution < -0.4 is 0 Å². The first kappa shape index (κ1) is 24.8. The van der Waals surface area contributed by atoms with Crippen molar-refractivity contribution in [3.63, 3.8) is 0 Å². The average Bonchev–Trinajstić information content (AvgIpc) is 2.90. The highest BCUT2D eigenvalue weighted by Crippen LogP contribution is 2.62. The van der Waals surface area contributed by atoms with Crippen molar-refractivity contribution in [3.8, 4) is 0 Å². The lowest BCUT2D eigenvalue weighted by Gasteiger charge is -2.57. The number of nitrogens with zero attached hydrogens (tertiary/aromatic N) is 1. The molecule has 0 heterocycles. The largest absolute Gasteiger partial charge is 0.471 e. The van der Waals surface area contributed by atoms with Gasteiger partial charge in [-0.1, -0.05) is 12.1 Å². The first-order valence-corrected chi connectivity index (χ1v) is 17.8. The molecule has 12 fully saturated rings. The van der Waals surface area contributed by atoms with Crippen molar-refractivity contribution in [2.75, 3.05) is 0 Å². The summed E-state index contributed by atoms with van der Waals surface area (Å²) in [5.74, 6) is 8.44. The minimum Gasteiger partial charge on any atom is -0.471 e. The molecule has 12 aliphatic rings. The summed E-state index contributed by atoms with van der Waals surface area (Å²) < 4.78 is 7.19. The summed E-state index contributed by atoms with van der Waals surface area (Å²) in [5.41, 5.74) is 2.73. The third-order valence-electron chi connectivity index (χ3n) is 14.8. The molecule has 1 amide bonds. The lowest BCUT2D eigenvalue weighted by Crippen LogP contribution is -2.53. The van der Waals surface area contributed by atoms with Gasteiger partial charge in [-0.05, 0) is 192 Å². The Balaban J connectivity index is 0.996. The van der Waals surface area contributed by atoms with E-state index in [0.29, 0.717) is 11.3 Å². The number of aliphatic imine (C=N–C) groups is 1. The van der Waals surface area contributed by atoms with Crippen molar-refractivity contribution in [1.82, 2.24) is 0 Å². The SMILES string of the molecule is O=C(N=C(OC12CC3CC(CC(C3)C1)C2)c1ccc(C23CC4CC(CC(C4)C2)C3)cc1)C12CC3CC(CC(C3)C1)C2. The fourth-order valence-electron chi connectivity index (χ4n) is 14.5. The maximum Gasteiger partial charge on any atom is 0.255 e. The number of hydrogen-bond acceptors (Lipinski definition) is 2. The number of carbonyl (C=O) groups excluding carboxylic acids is 1. The maximum absolute atomic E-state index is 14.3. The molecule has 0 aromatic heterocycles. The minimum absolute atomic E-state index is 0.0894. The number of hydrogen-bond donors (Lipinski definition) is 0. The van der Waals surface area contributed by atoms with Crippen LogP contribution in [0.5, 0.6) is 0 Å². The second kappa shape index (κ2) is 8.50. The Morgan fingerprint density at radius 3 is 1.39 bits per heavy atom. The van der Waals surface area contributed by atoms with E-state index in [9.17, 15) is 4.79 Å². The van der Waals surface area contributed by atoms with Gasteiger partial charge >= 0.3 is 0 Å². The Hall–Kier alpha value is -1.64. The summed E-state index contributed by atoms with van der Waals surface area (Å²) in [6, 6.07) is 9.47. The fourth-order valence-corrected chi connectivity index (χ4v) is 14.5. The first-order valence-electron chi connectivity index (χ1n) is 17.8. The molecule has 12 saturated carbocycles. The van der Waals surface area contributed by atoms with Crippen LogP contribution in [0.25, 0.3) is 0 Å². The predicted octanol–water partition coefficient (Wildman–Crippen LogP) is 8.63. The van der Waals surface area contributed by atoms with E-state index in [-0.39, 0.29) is 16.9 Å². The van der Waals surface area contributed by atoms with Crippen molar-refractivity contribution in [3.05, 3.63) is 35.4 Å². The molecule has 0 N–H and O–H groups in total. The van der Waals surface area contributed by atoms with Gasteiger partial charge in [0.2, 0.25) is 5.90 Å². The lowest BCUT2D eigenvalue weighted by atomic mass is 9.48. The number of benzene rings is 1. The van der Waals surface area contributed by atoms with Crippen LogP contribution in [0.3, 0.4) is 0 Å². The van der Waals surface area contributed by atoms with Gasteiger partial charge in [0.05, 0.1) is 5.41 Å². The van der Waals surface area contributed by atoms with Crippen LogP contribution in [-0.2, 0) is 14.9 Å². The molecule has 0 aliphatic heterocycles. The monoisotopic (exact) mass is 551 g/mol. The molecule has 12 aliphatic carbocycles. The van der Waals surface area contributed by atoms with E-state index in [4.69, 9.17) is 9.73 Å². The summed E-state index contributed by atoms with van der Waals surface area (Å²) in [4.78, 5) is 19.4. The quantitative estimate of drug-likeness (QED) is 0.277. The van der Waals surface area contributed by atoms with Crippen molar-refractivity contribution < 1.29 is 9.53 Å². The van der Waals surface area contributed by atoms with E-state index in [2.05, 4.69) is 24.3 Å².